The van der Waals surface area contributed by atoms with Crippen LogP contribution in [0.4, 0.5) is 0 Å². The van der Waals surface area contributed by atoms with Gasteiger partial charge in [-0.2, -0.15) is 0 Å². The first-order valence-corrected chi connectivity index (χ1v) is 8.40. The molecule has 1 aliphatic rings. The molecule has 0 bridgehead atoms. The number of hydrogen-bond donors (Lipinski definition) is 1. The van der Waals surface area contributed by atoms with E-state index in [0.29, 0.717) is 12.5 Å². The van der Waals surface area contributed by atoms with Crippen LogP contribution in [0.25, 0.3) is 11.0 Å². The largest absolute Gasteiger partial charge is 0.342 e. The summed E-state index contributed by atoms with van der Waals surface area (Å²) in [5, 5.41) is 0. The van der Waals surface area contributed by atoms with E-state index in [1.807, 2.05) is 18.2 Å². The molecule has 0 aliphatic carbocycles. The molecule has 1 aromatic heterocycles. The van der Waals surface area contributed by atoms with E-state index in [4.69, 9.17) is 0 Å². The third-order valence-corrected chi connectivity index (χ3v) is 4.45. The molecule has 0 spiro atoms. The second-order valence-corrected chi connectivity index (χ2v) is 6.57. The monoisotopic (exact) mass is 299 g/mol. The third-order valence-electron chi connectivity index (χ3n) is 4.45. The van der Waals surface area contributed by atoms with Gasteiger partial charge >= 0.3 is 0 Å². The molecule has 1 saturated heterocycles. The summed E-state index contributed by atoms with van der Waals surface area (Å²) in [5.74, 6) is 1.92. The number of Topliss-reactive ketones (excluding diaryl/α,β-unsaturated/α-hetero) is 1. The second-order valence-electron chi connectivity index (χ2n) is 6.57. The SMILES string of the molecule is CCCc1nc2ccc(C(=O)CN3CCCC(C)C3)cc2[nH]1. The maximum atomic E-state index is 12.5. The summed E-state index contributed by atoms with van der Waals surface area (Å²) in [5.41, 5.74) is 2.71. The number of H-pyrrole nitrogens is 1. The predicted octanol–water partition coefficient (Wildman–Crippen LogP) is 3.43. The van der Waals surface area contributed by atoms with Gasteiger partial charge in [0.15, 0.2) is 5.78 Å². The van der Waals surface area contributed by atoms with Gasteiger partial charge in [0.05, 0.1) is 17.6 Å². The Hall–Kier alpha value is -1.68. The zero-order chi connectivity index (χ0) is 15.5. The number of carbonyl (C=O) groups is 1. The third kappa shape index (κ3) is 3.38. The molecule has 2 heterocycles. The molecule has 0 radical (unpaired) electrons. The zero-order valence-electron chi connectivity index (χ0n) is 13.6. The number of ketones is 1. The number of imidazole rings is 1. The van der Waals surface area contributed by atoms with E-state index in [0.717, 1.165) is 48.4 Å². The highest BCUT2D eigenvalue weighted by Gasteiger charge is 2.19. The first-order valence-electron chi connectivity index (χ1n) is 8.40. The summed E-state index contributed by atoms with van der Waals surface area (Å²) in [4.78, 5) is 22.7. The number of aromatic nitrogens is 2. The van der Waals surface area contributed by atoms with Crippen molar-refractivity contribution in [2.24, 2.45) is 5.92 Å². The number of aromatic amines is 1. The van der Waals surface area contributed by atoms with Gasteiger partial charge in [0.1, 0.15) is 5.82 Å². The fourth-order valence-electron chi connectivity index (χ4n) is 3.32. The molecule has 118 valence electrons. The number of fused-ring (bicyclic) bond motifs is 1. The molecule has 4 nitrogen and oxygen atoms in total. The van der Waals surface area contributed by atoms with Crippen LogP contribution in [0.3, 0.4) is 0 Å². The van der Waals surface area contributed by atoms with E-state index in [-0.39, 0.29) is 5.78 Å². The molecule has 2 aromatic rings. The summed E-state index contributed by atoms with van der Waals surface area (Å²) in [6.07, 6.45) is 4.50. The molecular formula is C18H25N3O. The number of piperidine rings is 1. The standard InChI is InChI=1S/C18H25N3O/c1-3-5-18-19-15-8-7-14(10-16(15)20-18)17(22)12-21-9-4-6-13(2)11-21/h7-8,10,13H,3-6,9,11-12H2,1-2H3,(H,19,20). The molecule has 3 rings (SSSR count). The summed E-state index contributed by atoms with van der Waals surface area (Å²) in [7, 11) is 0. The molecule has 1 fully saturated rings. The van der Waals surface area contributed by atoms with Crippen LogP contribution in [0.2, 0.25) is 0 Å². The summed E-state index contributed by atoms with van der Waals surface area (Å²) >= 11 is 0. The van der Waals surface area contributed by atoms with Gasteiger partial charge in [0, 0.05) is 18.5 Å². The predicted molar refractivity (Wildman–Crippen MR) is 89.3 cm³/mol. The van der Waals surface area contributed by atoms with Gasteiger partial charge in [-0.3, -0.25) is 9.69 Å². The average molecular weight is 299 g/mol. The lowest BCUT2D eigenvalue weighted by Crippen LogP contribution is -2.37. The van der Waals surface area contributed by atoms with E-state index in [2.05, 4.69) is 28.7 Å². The highest BCUT2D eigenvalue weighted by Crippen LogP contribution is 2.18. The average Bonchev–Trinajstić information content (AvgIpc) is 2.89. The lowest BCUT2D eigenvalue weighted by molar-refractivity contribution is 0.0893. The number of aryl methyl sites for hydroxylation is 1. The first kappa shape index (κ1) is 15.2. The minimum absolute atomic E-state index is 0.211. The lowest BCUT2D eigenvalue weighted by atomic mass is 9.99. The number of nitrogens with zero attached hydrogens (tertiary/aromatic N) is 2. The van der Waals surface area contributed by atoms with E-state index < -0.39 is 0 Å². The number of benzene rings is 1. The number of likely N-dealkylation sites (tertiary alicyclic amines) is 1. The molecule has 4 heteroatoms. The van der Waals surface area contributed by atoms with Crippen LogP contribution in [0, 0.1) is 5.92 Å². The summed E-state index contributed by atoms with van der Waals surface area (Å²) < 4.78 is 0. The van der Waals surface area contributed by atoms with Gasteiger partial charge in [-0.25, -0.2) is 4.98 Å². The van der Waals surface area contributed by atoms with Crippen LogP contribution in [0.1, 0.15) is 49.3 Å². The van der Waals surface area contributed by atoms with E-state index in [9.17, 15) is 4.79 Å². The van der Waals surface area contributed by atoms with Crippen molar-refractivity contribution in [3.8, 4) is 0 Å². The van der Waals surface area contributed by atoms with Crippen molar-refractivity contribution in [1.29, 1.82) is 0 Å². The minimum atomic E-state index is 0.211. The number of nitrogens with one attached hydrogen (secondary N) is 1. The Morgan fingerprint density at radius 1 is 1.45 bits per heavy atom. The van der Waals surface area contributed by atoms with Gasteiger partial charge in [-0.1, -0.05) is 13.8 Å². The smallest absolute Gasteiger partial charge is 0.176 e. The molecular weight excluding hydrogens is 274 g/mol. The van der Waals surface area contributed by atoms with Crippen LogP contribution >= 0.6 is 0 Å². The number of rotatable bonds is 5. The van der Waals surface area contributed by atoms with Crippen LogP contribution in [-0.4, -0.2) is 40.3 Å². The highest BCUT2D eigenvalue weighted by molar-refractivity contribution is 6.00. The first-order chi connectivity index (χ1) is 10.7. The molecule has 1 atom stereocenters. The van der Waals surface area contributed by atoms with Crippen molar-refractivity contribution in [3.63, 3.8) is 0 Å². The van der Waals surface area contributed by atoms with Gasteiger partial charge in [-0.15, -0.1) is 0 Å². The maximum Gasteiger partial charge on any atom is 0.176 e. The van der Waals surface area contributed by atoms with Gasteiger partial charge in [0.25, 0.3) is 0 Å². The second kappa shape index (κ2) is 6.61. The van der Waals surface area contributed by atoms with Gasteiger partial charge < -0.3 is 4.98 Å². The molecule has 0 saturated carbocycles. The number of hydrogen-bond acceptors (Lipinski definition) is 3. The van der Waals surface area contributed by atoms with E-state index in [1.54, 1.807) is 0 Å². The molecule has 1 N–H and O–H groups in total. The van der Waals surface area contributed by atoms with Crippen molar-refractivity contribution in [1.82, 2.24) is 14.9 Å². The van der Waals surface area contributed by atoms with Gasteiger partial charge in [0.2, 0.25) is 0 Å². The topological polar surface area (TPSA) is 49.0 Å². The van der Waals surface area contributed by atoms with Crippen LogP contribution in [0.15, 0.2) is 18.2 Å². The number of carbonyl (C=O) groups excluding carboxylic acids is 1. The lowest BCUT2D eigenvalue weighted by Gasteiger charge is -2.30. The normalized spacial score (nSPS) is 19.6. The Kier molecular flexibility index (Phi) is 4.57. The van der Waals surface area contributed by atoms with Crippen LogP contribution in [0.5, 0.6) is 0 Å². The fourth-order valence-corrected chi connectivity index (χ4v) is 3.32. The Morgan fingerprint density at radius 2 is 2.32 bits per heavy atom. The Labute approximate surface area is 131 Å². The zero-order valence-corrected chi connectivity index (χ0v) is 13.6. The van der Waals surface area contributed by atoms with E-state index >= 15 is 0 Å². The Morgan fingerprint density at radius 3 is 3.09 bits per heavy atom. The van der Waals surface area contributed by atoms with Crippen molar-refractivity contribution in [2.75, 3.05) is 19.6 Å². The summed E-state index contributed by atoms with van der Waals surface area (Å²) in [6, 6.07) is 5.82. The Bertz CT molecular complexity index is 661. The van der Waals surface area contributed by atoms with Crippen LogP contribution in [-0.2, 0) is 6.42 Å². The minimum Gasteiger partial charge on any atom is -0.342 e. The molecule has 0 amide bonds. The molecule has 22 heavy (non-hydrogen) atoms. The highest BCUT2D eigenvalue weighted by atomic mass is 16.1. The quantitative estimate of drug-likeness (QED) is 0.861. The van der Waals surface area contributed by atoms with E-state index in [1.165, 1.54) is 12.8 Å². The van der Waals surface area contributed by atoms with Crippen molar-refractivity contribution in [3.05, 3.63) is 29.6 Å². The van der Waals surface area contributed by atoms with Crippen molar-refractivity contribution < 1.29 is 4.79 Å². The summed E-state index contributed by atoms with van der Waals surface area (Å²) in [6.45, 7) is 7.03. The van der Waals surface area contributed by atoms with Gasteiger partial charge in [-0.05, 0) is 49.9 Å². The fraction of sp³-hybridized carbons (Fsp3) is 0.556. The Balaban J connectivity index is 1.73. The van der Waals surface area contributed by atoms with Crippen LogP contribution < -0.4 is 0 Å². The van der Waals surface area contributed by atoms with Crippen molar-refractivity contribution in [2.45, 2.75) is 39.5 Å². The molecule has 1 unspecified atom stereocenters. The molecule has 1 aromatic carbocycles. The van der Waals surface area contributed by atoms with Crippen molar-refractivity contribution >= 4 is 16.8 Å². The molecule has 1 aliphatic heterocycles. The maximum absolute atomic E-state index is 12.5.